The highest BCUT2D eigenvalue weighted by Crippen LogP contribution is 2.29. The van der Waals surface area contributed by atoms with Gasteiger partial charge in [-0.15, -0.1) is 0 Å². The second kappa shape index (κ2) is 6.65. The van der Waals surface area contributed by atoms with Crippen molar-refractivity contribution in [3.63, 3.8) is 0 Å². The molecule has 1 heterocycles. The molecule has 0 unspecified atom stereocenters. The zero-order valence-corrected chi connectivity index (χ0v) is 14.3. The van der Waals surface area contributed by atoms with E-state index in [1.165, 1.54) is 10.6 Å². The van der Waals surface area contributed by atoms with Gasteiger partial charge in [0.15, 0.2) is 0 Å². The molecule has 2 aromatic carbocycles. The van der Waals surface area contributed by atoms with Crippen molar-refractivity contribution in [3.05, 3.63) is 65.2 Å². The highest BCUT2D eigenvalue weighted by molar-refractivity contribution is 7.92. The van der Waals surface area contributed by atoms with Crippen LogP contribution >= 0.6 is 0 Å². The van der Waals surface area contributed by atoms with Gasteiger partial charge in [-0.05, 0) is 42.2 Å². The molecule has 0 radical (unpaired) electrons. The molecule has 0 atom stereocenters. The van der Waals surface area contributed by atoms with Gasteiger partial charge < -0.3 is 5.32 Å². The molecule has 0 saturated carbocycles. The fourth-order valence-corrected chi connectivity index (χ4v) is 3.92. The predicted octanol–water partition coefficient (Wildman–Crippen LogP) is 2.33. The predicted molar refractivity (Wildman–Crippen MR) is 94.6 cm³/mol. The molecule has 24 heavy (non-hydrogen) atoms. The maximum absolute atomic E-state index is 12.3. The lowest BCUT2D eigenvalue weighted by Crippen LogP contribution is -2.34. The highest BCUT2D eigenvalue weighted by atomic mass is 32.2. The van der Waals surface area contributed by atoms with E-state index in [2.05, 4.69) is 5.32 Å². The Kier molecular flexibility index (Phi) is 4.57. The molecule has 5 nitrogen and oxygen atoms in total. The van der Waals surface area contributed by atoms with Crippen molar-refractivity contribution in [1.82, 2.24) is 5.32 Å². The fourth-order valence-electron chi connectivity index (χ4n) is 2.93. The lowest BCUT2D eigenvalue weighted by atomic mass is 10.0. The van der Waals surface area contributed by atoms with Gasteiger partial charge in [-0.25, -0.2) is 8.42 Å². The van der Waals surface area contributed by atoms with Crippen molar-refractivity contribution < 1.29 is 13.2 Å². The van der Waals surface area contributed by atoms with Crippen LogP contribution in [0, 0.1) is 0 Å². The summed E-state index contributed by atoms with van der Waals surface area (Å²) in [6.45, 7) is 0.956. The number of sulfonamides is 1. The van der Waals surface area contributed by atoms with E-state index >= 15 is 0 Å². The molecule has 0 bridgehead atoms. The number of amides is 1. The third-order valence-electron chi connectivity index (χ3n) is 4.11. The number of carbonyl (C=O) groups is 1. The molecule has 1 N–H and O–H groups in total. The van der Waals surface area contributed by atoms with E-state index < -0.39 is 10.0 Å². The normalized spacial score (nSPS) is 14.1. The molecule has 3 rings (SSSR count). The second-order valence-electron chi connectivity index (χ2n) is 5.95. The van der Waals surface area contributed by atoms with Crippen LogP contribution in [0.4, 0.5) is 5.69 Å². The lowest BCUT2D eigenvalue weighted by molar-refractivity contribution is 0.0951. The summed E-state index contributed by atoms with van der Waals surface area (Å²) in [5.74, 6) is -0.155. The molecule has 126 valence electrons. The van der Waals surface area contributed by atoms with Gasteiger partial charge in [0.25, 0.3) is 5.91 Å². The molecular formula is C18H20N2O3S. The topological polar surface area (TPSA) is 66.5 Å². The third-order valence-corrected chi connectivity index (χ3v) is 5.29. The van der Waals surface area contributed by atoms with Gasteiger partial charge in [0.05, 0.1) is 11.9 Å². The monoisotopic (exact) mass is 344 g/mol. The largest absolute Gasteiger partial charge is 0.348 e. The highest BCUT2D eigenvalue weighted by Gasteiger charge is 2.24. The van der Waals surface area contributed by atoms with Gasteiger partial charge >= 0.3 is 0 Å². The van der Waals surface area contributed by atoms with Gasteiger partial charge in [-0.1, -0.05) is 30.3 Å². The Hall–Kier alpha value is -2.34. The van der Waals surface area contributed by atoms with Crippen molar-refractivity contribution in [3.8, 4) is 0 Å². The average molecular weight is 344 g/mol. The zero-order valence-electron chi connectivity index (χ0n) is 13.5. The standard InChI is InChI=1S/C18H20N2O3S/c1-24(22,23)20-11-5-8-15-12-16(9-10-17(15)20)18(21)19-13-14-6-3-2-4-7-14/h2-4,6-7,9-10,12H,5,8,11,13H2,1H3,(H,19,21). The molecule has 0 spiro atoms. The van der Waals surface area contributed by atoms with E-state index in [4.69, 9.17) is 0 Å². The van der Waals surface area contributed by atoms with Crippen LogP contribution in [0.3, 0.4) is 0 Å². The van der Waals surface area contributed by atoms with Crippen LogP contribution in [0.1, 0.15) is 27.9 Å². The van der Waals surface area contributed by atoms with Crippen LogP contribution in [0.5, 0.6) is 0 Å². The van der Waals surface area contributed by atoms with E-state index in [-0.39, 0.29) is 5.91 Å². The molecule has 1 aliphatic rings. The SMILES string of the molecule is CS(=O)(=O)N1CCCc2cc(C(=O)NCc3ccccc3)ccc21. The van der Waals surface area contributed by atoms with Crippen LogP contribution in [0.15, 0.2) is 48.5 Å². The Labute approximate surface area is 142 Å². The van der Waals surface area contributed by atoms with Crippen LogP contribution < -0.4 is 9.62 Å². The van der Waals surface area contributed by atoms with Gasteiger partial charge in [0.2, 0.25) is 10.0 Å². The first-order valence-corrected chi connectivity index (χ1v) is 9.73. The first kappa shape index (κ1) is 16.5. The van der Waals surface area contributed by atoms with Crippen molar-refractivity contribution >= 4 is 21.6 Å². The van der Waals surface area contributed by atoms with E-state index in [9.17, 15) is 13.2 Å². The maximum Gasteiger partial charge on any atom is 0.251 e. The van der Waals surface area contributed by atoms with E-state index in [1.54, 1.807) is 18.2 Å². The van der Waals surface area contributed by atoms with E-state index in [1.807, 2.05) is 30.3 Å². The number of carbonyl (C=O) groups excluding carboxylic acids is 1. The van der Waals surface area contributed by atoms with Crippen molar-refractivity contribution in [1.29, 1.82) is 0 Å². The number of hydrogen-bond acceptors (Lipinski definition) is 3. The molecule has 1 aliphatic heterocycles. The van der Waals surface area contributed by atoms with Crippen LogP contribution in [0.2, 0.25) is 0 Å². The summed E-state index contributed by atoms with van der Waals surface area (Å²) in [4.78, 5) is 12.3. The zero-order chi connectivity index (χ0) is 17.2. The van der Waals surface area contributed by atoms with Crippen molar-refractivity contribution in [2.24, 2.45) is 0 Å². The van der Waals surface area contributed by atoms with Crippen LogP contribution in [0.25, 0.3) is 0 Å². The fraction of sp³-hybridized carbons (Fsp3) is 0.278. The number of rotatable bonds is 4. The van der Waals surface area contributed by atoms with E-state index in [0.29, 0.717) is 24.3 Å². The average Bonchev–Trinajstić information content (AvgIpc) is 2.58. The van der Waals surface area contributed by atoms with Crippen molar-refractivity contribution in [2.45, 2.75) is 19.4 Å². The number of benzene rings is 2. The minimum Gasteiger partial charge on any atom is -0.348 e. The summed E-state index contributed by atoms with van der Waals surface area (Å²) in [6, 6.07) is 14.9. The third kappa shape index (κ3) is 3.59. The Morgan fingerprint density at radius 1 is 1.17 bits per heavy atom. The summed E-state index contributed by atoms with van der Waals surface area (Å²) in [7, 11) is -3.29. The molecule has 0 aromatic heterocycles. The van der Waals surface area contributed by atoms with Gasteiger partial charge in [0, 0.05) is 18.7 Å². The Bertz CT molecular complexity index is 848. The smallest absolute Gasteiger partial charge is 0.251 e. The molecule has 0 saturated heterocycles. The summed E-state index contributed by atoms with van der Waals surface area (Å²) in [5, 5.41) is 2.89. The van der Waals surface area contributed by atoms with Gasteiger partial charge in [-0.2, -0.15) is 0 Å². The first-order chi connectivity index (χ1) is 11.4. The number of anilines is 1. The lowest BCUT2D eigenvalue weighted by Gasteiger charge is -2.29. The molecular weight excluding hydrogens is 324 g/mol. The van der Waals surface area contributed by atoms with Gasteiger partial charge in [0.1, 0.15) is 0 Å². The number of aryl methyl sites for hydroxylation is 1. The molecule has 0 aliphatic carbocycles. The van der Waals surface area contributed by atoms with Gasteiger partial charge in [-0.3, -0.25) is 9.10 Å². The molecule has 0 fully saturated rings. The molecule has 2 aromatic rings. The molecule has 1 amide bonds. The second-order valence-corrected chi connectivity index (χ2v) is 7.86. The van der Waals surface area contributed by atoms with Crippen molar-refractivity contribution in [2.75, 3.05) is 17.1 Å². The first-order valence-electron chi connectivity index (χ1n) is 7.88. The maximum atomic E-state index is 12.3. The number of nitrogens with one attached hydrogen (secondary N) is 1. The number of fused-ring (bicyclic) bond motifs is 1. The molecule has 6 heteroatoms. The minimum atomic E-state index is -3.29. The Morgan fingerprint density at radius 2 is 1.92 bits per heavy atom. The Balaban J connectivity index is 1.77. The Morgan fingerprint density at radius 3 is 2.62 bits per heavy atom. The van der Waals surface area contributed by atoms with Crippen LogP contribution in [-0.2, 0) is 23.0 Å². The quantitative estimate of drug-likeness (QED) is 0.926. The number of nitrogens with zero attached hydrogens (tertiary/aromatic N) is 1. The number of hydrogen-bond donors (Lipinski definition) is 1. The summed E-state index contributed by atoms with van der Waals surface area (Å²) in [6.07, 6.45) is 2.75. The van der Waals surface area contributed by atoms with Crippen LogP contribution in [-0.4, -0.2) is 27.1 Å². The summed E-state index contributed by atoms with van der Waals surface area (Å²) in [5.41, 5.74) is 3.18. The summed E-state index contributed by atoms with van der Waals surface area (Å²) >= 11 is 0. The van der Waals surface area contributed by atoms with E-state index in [0.717, 1.165) is 24.0 Å². The minimum absolute atomic E-state index is 0.155. The summed E-state index contributed by atoms with van der Waals surface area (Å²) < 4.78 is 25.2.